The van der Waals surface area contributed by atoms with Gasteiger partial charge in [-0.25, -0.2) is 0 Å². The molecule has 0 radical (unpaired) electrons. The number of azide groups is 1. The van der Waals surface area contributed by atoms with Gasteiger partial charge in [-0.05, 0) is 25.3 Å². The molecule has 1 aliphatic rings. The molecular formula is C9H18N4O. The molecule has 0 saturated carbocycles. The predicted molar refractivity (Wildman–Crippen MR) is 55.1 cm³/mol. The molecule has 0 spiro atoms. The molecule has 1 aliphatic heterocycles. The molecule has 0 N–H and O–H groups in total. The summed E-state index contributed by atoms with van der Waals surface area (Å²) in [7, 11) is 0. The van der Waals surface area contributed by atoms with E-state index in [2.05, 4.69) is 14.9 Å². The molecule has 0 aromatic rings. The Morgan fingerprint density at radius 3 is 2.79 bits per heavy atom. The van der Waals surface area contributed by atoms with Crippen LogP contribution in [0.15, 0.2) is 5.11 Å². The predicted octanol–water partition coefficient (Wildman–Crippen LogP) is 1.80. The molecule has 0 aromatic carbocycles. The third-order valence-corrected chi connectivity index (χ3v) is 2.52. The van der Waals surface area contributed by atoms with Crippen molar-refractivity contribution in [1.82, 2.24) is 4.90 Å². The third-order valence-electron chi connectivity index (χ3n) is 2.52. The van der Waals surface area contributed by atoms with Crippen LogP contribution in [0.4, 0.5) is 0 Å². The Morgan fingerprint density at radius 1 is 1.50 bits per heavy atom. The minimum atomic E-state index is 0.440. The van der Waals surface area contributed by atoms with Crippen LogP contribution in [0.5, 0.6) is 0 Å². The number of nitrogens with zero attached hydrogens (tertiary/aromatic N) is 4. The molecule has 5 nitrogen and oxygen atoms in total. The highest BCUT2D eigenvalue weighted by Crippen LogP contribution is 2.12. The number of likely N-dealkylation sites (tertiary alicyclic amines) is 1. The number of hydrogen-bond acceptors (Lipinski definition) is 3. The van der Waals surface area contributed by atoms with Crippen molar-refractivity contribution >= 4 is 0 Å². The summed E-state index contributed by atoms with van der Waals surface area (Å²) < 4.78 is 5.55. The van der Waals surface area contributed by atoms with Crippen LogP contribution in [-0.4, -0.2) is 43.8 Å². The van der Waals surface area contributed by atoms with Gasteiger partial charge in [0.1, 0.15) is 0 Å². The summed E-state index contributed by atoms with van der Waals surface area (Å²) in [5.74, 6) is 0. The molecule has 80 valence electrons. The number of rotatable bonds is 5. The van der Waals surface area contributed by atoms with Gasteiger partial charge in [0.15, 0.2) is 0 Å². The van der Waals surface area contributed by atoms with E-state index in [1.807, 2.05) is 6.92 Å². The lowest BCUT2D eigenvalue weighted by atomic mass is 10.1. The second kappa shape index (κ2) is 6.65. The average Bonchev–Trinajstić information content (AvgIpc) is 2.21. The second-order valence-electron chi connectivity index (χ2n) is 3.45. The van der Waals surface area contributed by atoms with Crippen LogP contribution in [0.25, 0.3) is 10.4 Å². The Hall–Kier alpha value is -0.770. The van der Waals surface area contributed by atoms with Gasteiger partial charge in [0, 0.05) is 37.7 Å². The van der Waals surface area contributed by atoms with E-state index in [4.69, 9.17) is 10.3 Å². The van der Waals surface area contributed by atoms with Gasteiger partial charge in [-0.1, -0.05) is 5.11 Å². The van der Waals surface area contributed by atoms with Gasteiger partial charge >= 0.3 is 0 Å². The largest absolute Gasteiger partial charge is 0.378 e. The van der Waals surface area contributed by atoms with E-state index < -0.39 is 0 Å². The highest BCUT2D eigenvalue weighted by atomic mass is 16.5. The molecular weight excluding hydrogens is 180 g/mol. The molecule has 0 aliphatic carbocycles. The van der Waals surface area contributed by atoms with Crippen LogP contribution in [0.2, 0.25) is 0 Å². The molecule has 0 atom stereocenters. The average molecular weight is 198 g/mol. The number of ether oxygens (including phenoxy) is 1. The summed E-state index contributed by atoms with van der Waals surface area (Å²) in [6.45, 7) is 6.42. The van der Waals surface area contributed by atoms with Crippen LogP contribution in [0, 0.1) is 0 Å². The fourth-order valence-corrected chi connectivity index (χ4v) is 1.77. The monoisotopic (exact) mass is 198 g/mol. The van der Waals surface area contributed by atoms with E-state index in [0.29, 0.717) is 12.6 Å². The molecule has 0 amide bonds. The van der Waals surface area contributed by atoms with Crippen molar-refractivity contribution in [3.05, 3.63) is 10.4 Å². The summed E-state index contributed by atoms with van der Waals surface area (Å²) in [5, 5.41) is 3.53. The van der Waals surface area contributed by atoms with E-state index in [-0.39, 0.29) is 0 Å². The summed E-state index contributed by atoms with van der Waals surface area (Å²) in [4.78, 5) is 5.06. The zero-order chi connectivity index (χ0) is 10.2. The Balaban J connectivity index is 2.12. The van der Waals surface area contributed by atoms with Gasteiger partial charge in [0.05, 0.1) is 6.10 Å². The zero-order valence-electron chi connectivity index (χ0n) is 8.72. The van der Waals surface area contributed by atoms with Crippen LogP contribution in [0.3, 0.4) is 0 Å². The lowest BCUT2D eigenvalue weighted by Crippen LogP contribution is -2.38. The molecule has 0 bridgehead atoms. The number of hydrogen-bond donors (Lipinski definition) is 0. The van der Waals surface area contributed by atoms with Gasteiger partial charge in [-0.15, -0.1) is 0 Å². The normalized spacial score (nSPS) is 19.2. The van der Waals surface area contributed by atoms with E-state index in [0.717, 1.165) is 39.1 Å². The van der Waals surface area contributed by atoms with Crippen molar-refractivity contribution in [2.24, 2.45) is 5.11 Å². The minimum absolute atomic E-state index is 0.440. The smallest absolute Gasteiger partial charge is 0.0599 e. The lowest BCUT2D eigenvalue weighted by molar-refractivity contribution is 0.0150. The van der Waals surface area contributed by atoms with Crippen molar-refractivity contribution in [2.75, 3.05) is 32.8 Å². The minimum Gasteiger partial charge on any atom is -0.378 e. The maximum absolute atomic E-state index is 8.13. The molecule has 1 heterocycles. The van der Waals surface area contributed by atoms with Gasteiger partial charge in [0.2, 0.25) is 0 Å². The molecule has 1 fully saturated rings. The summed E-state index contributed by atoms with van der Waals surface area (Å²) in [5.41, 5.74) is 8.13. The first-order chi connectivity index (χ1) is 6.86. The molecule has 14 heavy (non-hydrogen) atoms. The van der Waals surface area contributed by atoms with Crippen LogP contribution < -0.4 is 0 Å². The van der Waals surface area contributed by atoms with E-state index in [1.165, 1.54) is 0 Å². The Bertz CT molecular complexity index is 195. The molecule has 5 heteroatoms. The molecule has 1 rings (SSSR count). The Kier molecular flexibility index (Phi) is 5.37. The topological polar surface area (TPSA) is 61.2 Å². The van der Waals surface area contributed by atoms with Crippen LogP contribution in [0.1, 0.15) is 19.8 Å². The van der Waals surface area contributed by atoms with Crippen molar-refractivity contribution < 1.29 is 4.74 Å². The fraction of sp³-hybridized carbons (Fsp3) is 1.00. The summed E-state index contributed by atoms with van der Waals surface area (Å²) in [6.07, 6.45) is 2.64. The summed E-state index contributed by atoms with van der Waals surface area (Å²) in [6, 6.07) is 0. The van der Waals surface area contributed by atoms with E-state index >= 15 is 0 Å². The van der Waals surface area contributed by atoms with Gasteiger partial charge < -0.3 is 9.64 Å². The molecule has 1 saturated heterocycles. The van der Waals surface area contributed by atoms with Crippen molar-refractivity contribution in [2.45, 2.75) is 25.9 Å². The van der Waals surface area contributed by atoms with Crippen LogP contribution in [-0.2, 0) is 4.74 Å². The van der Waals surface area contributed by atoms with Crippen molar-refractivity contribution in [3.8, 4) is 0 Å². The third kappa shape index (κ3) is 3.96. The quantitative estimate of drug-likeness (QED) is 0.384. The first kappa shape index (κ1) is 11.3. The van der Waals surface area contributed by atoms with E-state index in [1.54, 1.807) is 0 Å². The fourth-order valence-electron chi connectivity index (χ4n) is 1.77. The summed E-state index contributed by atoms with van der Waals surface area (Å²) >= 11 is 0. The SMILES string of the molecule is CCOC1CCN(CCN=[N+]=[N-])CC1. The standard InChI is InChI=1S/C9H18N4O/c1-2-14-9-3-6-13(7-4-9)8-5-11-12-10/h9H,2-8H2,1H3. The zero-order valence-corrected chi connectivity index (χ0v) is 8.72. The maximum Gasteiger partial charge on any atom is 0.0599 e. The maximum atomic E-state index is 8.13. The highest BCUT2D eigenvalue weighted by Gasteiger charge is 2.18. The van der Waals surface area contributed by atoms with E-state index in [9.17, 15) is 0 Å². The van der Waals surface area contributed by atoms with Crippen molar-refractivity contribution in [3.63, 3.8) is 0 Å². The lowest BCUT2D eigenvalue weighted by Gasteiger charge is -2.31. The van der Waals surface area contributed by atoms with Crippen LogP contribution >= 0.6 is 0 Å². The molecule has 0 aromatic heterocycles. The Morgan fingerprint density at radius 2 is 2.21 bits per heavy atom. The second-order valence-corrected chi connectivity index (χ2v) is 3.45. The van der Waals surface area contributed by atoms with Gasteiger partial charge in [0.25, 0.3) is 0 Å². The highest BCUT2D eigenvalue weighted by molar-refractivity contribution is 4.72. The molecule has 0 unspecified atom stereocenters. The Labute approximate surface area is 84.7 Å². The number of piperidine rings is 1. The van der Waals surface area contributed by atoms with Gasteiger partial charge in [-0.2, -0.15) is 0 Å². The van der Waals surface area contributed by atoms with Gasteiger partial charge in [-0.3, -0.25) is 0 Å². The first-order valence-electron chi connectivity index (χ1n) is 5.21. The van der Waals surface area contributed by atoms with Crippen molar-refractivity contribution in [1.29, 1.82) is 0 Å². The first-order valence-corrected chi connectivity index (χ1v) is 5.21.